The zero-order valence-corrected chi connectivity index (χ0v) is 29.0. The molecule has 0 saturated carbocycles. The van der Waals surface area contributed by atoms with E-state index >= 15 is 0 Å². The lowest BCUT2D eigenvalue weighted by atomic mass is 9.69. The van der Waals surface area contributed by atoms with Gasteiger partial charge >= 0.3 is 0 Å². The fourth-order valence-electron chi connectivity index (χ4n) is 8.83. The topological polar surface area (TPSA) is 111 Å². The van der Waals surface area contributed by atoms with Gasteiger partial charge in [0.2, 0.25) is 5.91 Å². The molecule has 3 aliphatic heterocycles. The summed E-state index contributed by atoms with van der Waals surface area (Å²) in [6.45, 7) is 6.72. The lowest BCUT2D eigenvalue weighted by Gasteiger charge is -2.40. The van der Waals surface area contributed by atoms with Gasteiger partial charge in [-0.05, 0) is 90.5 Å². The lowest BCUT2D eigenvalue weighted by Crippen LogP contribution is -2.49. The molecular weight excluding hydrogens is 640 g/mol. The molecule has 0 radical (unpaired) electrons. The van der Waals surface area contributed by atoms with Gasteiger partial charge in [-0.15, -0.1) is 0 Å². The van der Waals surface area contributed by atoms with E-state index in [-0.39, 0.29) is 23.8 Å². The first-order valence-electron chi connectivity index (χ1n) is 18.5. The second-order valence-corrected chi connectivity index (χ2v) is 14.7. The Labute approximate surface area is 298 Å². The second kappa shape index (κ2) is 14.3. The molecule has 4 heterocycles. The van der Waals surface area contributed by atoms with Crippen LogP contribution in [0.1, 0.15) is 72.2 Å². The van der Waals surface area contributed by atoms with Crippen molar-refractivity contribution in [3.8, 4) is 5.75 Å². The number of phenols is 1. The average molecular weight is 687 g/mol. The fraction of sp³-hybridized carbons (Fsp3) is 0.415. The van der Waals surface area contributed by atoms with Crippen LogP contribution in [0.15, 0.2) is 89.9 Å². The molecule has 3 atom stereocenters. The van der Waals surface area contributed by atoms with Gasteiger partial charge in [-0.25, -0.2) is 4.68 Å². The number of aromatic hydroxyl groups is 1. The zero-order chi connectivity index (χ0) is 34.9. The minimum atomic E-state index is -0.740. The summed E-state index contributed by atoms with van der Waals surface area (Å²) in [5, 5.41) is 16.8. The predicted octanol–water partition coefficient (Wildman–Crippen LogP) is 4.83. The number of nitrogens with one attached hydrogen (secondary N) is 1. The maximum atomic E-state index is 12.9. The Morgan fingerprint density at radius 2 is 1.47 bits per heavy atom. The molecule has 0 spiro atoms. The first kappa shape index (κ1) is 33.2. The summed E-state index contributed by atoms with van der Waals surface area (Å²) in [7, 11) is 0. The van der Waals surface area contributed by atoms with Gasteiger partial charge in [0.15, 0.2) is 0 Å². The van der Waals surface area contributed by atoms with Crippen LogP contribution < -0.4 is 20.7 Å². The van der Waals surface area contributed by atoms with Gasteiger partial charge in [0, 0.05) is 69.9 Å². The number of phenolic OH excluding ortho intramolecular Hbond substituents is 1. The molecule has 10 heteroatoms. The van der Waals surface area contributed by atoms with E-state index in [0.29, 0.717) is 24.0 Å². The smallest absolute Gasteiger partial charge is 0.269 e. The summed E-state index contributed by atoms with van der Waals surface area (Å²) in [6.07, 6.45) is 6.54. The highest BCUT2D eigenvalue weighted by atomic mass is 16.3. The van der Waals surface area contributed by atoms with E-state index in [1.807, 2.05) is 12.1 Å². The van der Waals surface area contributed by atoms with Crippen molar-refractivity contribution in [1.29, 1.82) is 0 Å². The van der Waals surface area contributed by atoms with Crippen LogP contribution in [-0.4, -0.2) is 77.4 Å². The molecule has 3 saturated heterocycles. The van der Waals surface area contributed by atoms with Crippen LogP contribution in [0.5, 0.6) is 5.75 Å². The Morgan fingerprint density at radius 3 is 2.20 bits per heavy atom. The van der Waals surface area contributed by atoms with Crippen LogP contribution in [0.3, 0.4) is 0 Å². The minimum absolute atomic E-state index is 0.209. The summed E-state index contributed by atoms with van der Waals surface area (Å²) in [5.74, 6) is 0.889. The number of benzene rings is 3. The van der Waals surface area contributed by atoms with Crippen LogP contribution >= 0.6 is 0 Å². The number of fused-ring (bicyclic) bond motifs is 1. The molecule has 0 bridgehead atoms. The van der Waals surface area contributed by atoms with Gasteiger partial charge in [0.1, 0.15) is 11.8 Å². The van der Waals surface area contributed by atoms with Gasteiger partial charge in [-0.1, -0.05) is 48.5 Å². The maximum Gasteiger partial charge on any atom is 0.269 e. The molecule has 2 amide bonds. The number of imide groups is 1. The number of rotatable bonds is 7. The molecule has 264 valence electrons. The molecule has 51 heavy (non-hydrogen) atoms. The average Bonchev–Trinajstić information content (AvgIpc) is 3.16. The van der Waals surface area contributed by atoms with Gasteiger partial charge in [0.25, 0.3) is 11.5 Å². The Kier molecular flexibility index (Phi) is 9.34. The van der Waals surface area contributed by atoms with Crippen molar-refractivity contribution in [2.24, 2.45) is 5.92 Å². The number of hydrogen-bond acceptors (Lipinski definition) is 8. The molecule has 3 unspecified atom stereocenters. The quantitative estimate of drug-likeness (QED) is 0.266. The zero-order valence-electron chi connectivity index (χ0n) is 29.0. The van der Waals surface area contributed by atoms with Crippen molar-refractivity contribution in [2.45, 2.75) is 56.4 Å². The molecule has 4 aromatic rings. The standard InChI is InChI=1S/C41H46N6O4/c48-34-11-13-36-31(24-34)8-12-35(29-4-2-1-3-5-29)40(36)30-6-9-32(10-7-30)45-18-16-28(17-19-45)27-44-20-22-46(23-21-44)33-25-39(50)47(42-26-33)37-14-15-38(49)43-41(37)51/h1-7,9-11,13,24-26,28,35,37,40,48H,8,12,14-23,27H2,(H,43,49,51). The third-order valence-corrected chi connectivity index (χ3v) is 11.6. The monoisotopic (exact) mass is 686 g/mol. The number of amides is 2. The van der Waals surface area contributed by atoms with E-state index < -0.39 is 11.9 Å². The Hall–Kier alpha value is -4.96. The van der Waals surface area contributed by atoms with Gasteiger partial charge in [-0.2, -0.15) is 5.10 Å². The molecule has 4 aliphatic rings. The van der Waals surface area contributed by atoms with Gasteiger partial charge < -0.3 is 14.9 Å². The molecular formula is C41H46N6O4. The molecule has 1 aliphatic carbocycles. The van der Waals surface area contributed by atoms with Gasteiger partial charge in [-0.3, -0.25) is 24.6 Å². The molecule has 3 fully saturated rings. The summed E-state index contributed by atoms with van der Waals surface area (Å²) >= 11 is 0. The van der Waals surface area contributed by atoms with E-state index in [4.69, 9.17) is 0 Å². The summed E-state index contributed by atoms with van der Waals surface area (Å²) in [4.78, 5) is 43.9. The summed E-state index contributed by atoms with van der Waals surface area (Å²) < 4.78 is 1.20. The summed E-state index contributed by atoms with van der Waals surface area (Å²) in [6, 6.07) is 26.9. The van der Waals surface area contributed by atoms with Crippen molar-refractivity contribution >= 4 is 23.2 Å². The minimum Gasteiger partial charge on any atom is -0.508 e. The number of aryl methyl sites for hydroxylation is 1. The van der Waals surface area contributed by atoms with E-state index in [1.54, 1.807) is 12.3 Å². The Balaban J connectivity index is 0.850. The first-order valence-corrected chi connectivity index (χ1v) is 18.5. The number of piperidine rings is 2. The third-order valence-electron chi connectivity index (χ3n) is 11.6. The van der Waals surface area contributed by atoms with Gasteiger partial charge in [0.05, 0.1) is 11.9 Å². The van der Waals surface area contributed by atoms with Crippen molar-refractivity contribution in [3.05, 3.63) is 118 Å². The lowest BCUT2D eigenvalue weighted by molar-refractivity contribution is -0.136. The molecule has 1 aromatic heterocycles. The number of carbonyl (C=O) groups is 2. The number of anilines is 2. The van der Waals surface area contributed by atoms with E-state index in [0.717, 1.165) is 64.3 Å². The van der Waals surface area contributed by atoms with E-state index in [9.17, 15) is 19.5 Å². The van der Waals surface area contributed by atoms with Crippen LogP contribution in [-0.2, 0) is 16.0 Å². The number of aromatic nitrogens is 2. The molecule has 3 aromatic carbocycles. The molecule has 2 N–H and O–H groups in total. The Morgan fingerprint density at radius 1 is 0.725 bits per heavy atom. The summed E-state index contributed by atoms with van der Waals surface area (Å²) in [5.41, 5.74) is 7.05. The van der Waals surface area contributed by atoms with Crippen molar-refractivity contribution in [1.82, 2.24) is 20.0 Å². The van der Waals surface area contributed by atoms with Crippen LogP contribution in [0.2, 0.25) is 0 Å². The van der Waals surface area contributed by atoms with E-state index in [2.05, 4.69) is 85.8 Å². The maximum absolute atomic E-state index is 12.9. The first-order chi connectivity index (χ1) is 24.9. The van der Waals surface area contributed by atoms with E-state index in [1.165, 1.54) is 45.5 Å². The molecule has 8 rings (SSSR count). The van der Waals surface area contributed by atoms with Crippen molar-refractivity contribution in [3.63, 3.8) is 0 Å². The number of carbonyl (C=O) groups excluding carboxylic acids is 2. The highest BCUT2D eigenvalue weighted by Crippen LogP contribution is 2.47. The molecule has 10 nitrogen and oxygen atoms in total. The second-order valence-electron chi connectivity index (χ2n) is 14.7. The number of hydrogen-bond donors (Lipinski definition) is 2. The highest BCUT2D eigenvalue weighted by molar-refractivity contribution is 5.99. The predicted molar refractivity (Wildman–Crippen MR) is 197 cm³/mol. The van der Waals surface area contributed by atoms with Crippen molar-refractivity contribution in [2.75, 3.05) is 55.6 Å². The van der Waals surface area contributed by atoms with Crippen LogP contribution in [0, 0.1) is 5.92 Å². The largest absolute Gasteiger partial charge is 0.508 e. The van der Waals surface area contributed by atoms with Crippen LogP contribution in [0.25, 0.3) is 0 Å². The highest BCUT2D eigenvalue weighted by Gasteiger charge is 2.33. The number of nitrogens with zero attached hydrogens (tertiary/aromatic N) is 5. The number of piperazine rings is 1. The fourth-order valence-corrected chi connectivity index (χ4v) is 8.83. The third kappa shape index (κ3) is 7.02. The van der Waals surface area contributed by atoms with Crippen LogP contribution in [0.4, 0.5) is 11.4 Å². The Bertz CT molecular complexity index is 1930. The SMILES string of the molecule is O=C1CCC(n2ncc(N3CCN(CC4CCN(c5ccc(C6c7ccc(O)cc7CCC6c6ccccc6)cc5)CC4)CC3)cc2=O)C(=O)N1. The van der Waals surface area contributed by atoms with Crippen molar-refractivity contribution < 1.29 is 14.7 Å². The normalized spacial score (nSPS) is 23.2.